The third-order valence-electron chi connectivity index (χ3n) is 0.755. The van der Waals surface area contributed by atoms with Gasteiger partial charge < -0.3 is 10.2 Å². The predicted molar refractivity (Wildman–Crippen MR) is 45.3 cm³/mol. The van der Waals surface area contributed by atoms with Gasteiger partial charge in [-0.25, -0.2) is 0 Å². The summed E-state index contributed by atoms with van der Waals surface area (Å²) in [6, 6.07) is 0. The van der Waals surface area contributed by atoms with Crippen LogP contribution in [0.1, 0.15) is 27.2 Å². The first kappa shape index (κ1) is 9.65. The maximum Gasteiger partial charge on any atom is 0.216 e. The molecule has 3 heteroatoms. The van der Waals surface area contributed by atoms with Gasteiger partial charge in [0.1, 0.15) is 0 Å². The molecule has 2 nitrogen and oxygen atoms in total. The summed E-state index contributed by atoms with van der Waals surface area (Å²) < 4.78 is -1.55. The average Bonchev–Trinajstić information content (AvgIpc) is 1.14. The van der Waals surface area contributed by atoms with E-state index in [1.54, 1.807) is 22.6 Å². The van der Waals surface area contributed by atoms with Crippen LogP contribution < -0.4 is 0 Å². The van der Waals surface area contributed by atoms with Gasteiger partial charge in [-0.15, -0.1) is 0 Å². The second-order valence-electron chi connectivity index (χ2n) is 3.46. The minimum atomic E-state index is -1.55. The minimum absolute atomic E-state index is 0.0231. The van der Waals surface area contributed by atoms with Crippen LogP contribution in [-0.4, -0.2) is 14.0 Å². The lowest BCUT2D eigenvalue weighted by Gasteiger charge is -2.24. The third kappa shape index (κ3) is 8.65. The van der Waals surface area contributed by atoms with Crippen molar-refractivity contribution in [1.82, 2.24) is 0 Å². The quantitative estimate of drug-likeness (QED) is 0.417. The fourth-order valence-electron chi connectivity index (χ4n) is 0.675. The highest BCUT2D eigenvalue weighted by Gasteiger charge is 2.25. The zero-order valence-electron chi connectivity index (χ0n) is 5.98. The van der Waals surface area contributed by atoms with E-state index in [2.05, 4.69) is 0 Å². The predicted octanol–water partition coefficient (Wildman–Crippen LogP) is 1.50. The molecule has 9 heavy (non-hydrogen) atoms. The molecule has 0 heterocycles. The summed E-state index contributed by atoms with van der Waals surface area (Å²) in [7, 11) is 0. The summed E-state index contributed by atoms with van der Waals surface area (Å²) >= 11 is 1.61. The zero-order chi connectivity index (χ0) is 7.71. The molecule has 2 N–H and O–H groups in total. The highest BCUT2D eigenvalue weighted by Crippen LogP contribution is 2.29. The van der Waals surface area contributed by atoms with Gasteiger partial charge in [-0.05, 0) is 28.0 Å². The molecule has 0 aromatic rings. The van der Waals surface area contributed by atoms with E-state index >= 15 is 0 Å². The first-order chi connectivity index (χ1) is 3.71. The van der Waals surface area contributed by atoms with Crippen molar-refractivity contribution in [1.29, 1.82) is 0 Å². The topological polar surface area (TPSA) is 40.5 Å². The van der Waals surface area contributed by atoms with Gasteiger partial charge in [-0.1, -0.05) is 20.8 Å². The molecular weight excluding hydrogens is 231 g/mol. The normalized spacial score (nSPS) is 14.0. The molecule has 0 rings (SSSR count). The monoisotopic (exact) mass is 244 g/mol. The molecule has 0 fully saturated rings. The van der Waals surface area contributed by atoms with Crippen molar-refractivity contribution < 1.29 is 10.2 Å². The van der Waals surface area contributed by atoms with Crippen molar-refractivity contribution >= 4 is 22.6 Å². The van der Waals surface area contributed by atoms with Crippen molar-refractivity contribution in [2.24, 2.45) is 5.41 Å². The van der Waals surface area contributed by atoms with Gasteiger partial charge in [0.15, 0.2) is 0 Å². The van der Waals surface area contributed by atoms with Crippen molar-refractivity contribution in [3.8, 4) is 0 Å². The van der Waals surface area contributed by atoms with Crippen LogP contribution in [0, 0.1) is 5.41 Å². The number of hydrogen-bond donors (Lipinski definition) is 2. The molecule has 0 aliphatic heterocycles. The fraction of sp³-hybridized carbons (Fsp3) is 1.00. The second-order valence-corrected chi connectivity index (χ2v) is 5.18. The van der Waals surface area contributed by atoms with E-state index in [0.29, 0.717) is 6.42 Å². The minimum Gasteiger partial charge on any atom is -0.358 e. The molecule has 0 aromatic heterocycles. The molecule has 0 spiro atoms. The number of alkyl halides is 1. The summed E-state index contributed by atoms with van der Waals surface area (Å²) in [5.41, 5.74) is -0.0231. The van der Waals surface area contributed by atoms with Gasteiger partial charge in [0.25, 0.3) is 0 Å². The highest BCUT2D eigenvalue weighted by atomic mass is 127. The van der Waals surface area contributed by atoms with Crippen molar-refractivity contribution in [3.05, 3.63) is 0 Å². The standard InChI is InChI=1S/C6H13IO2/c1-5(2,3)4-6(7,8)9/h8-9H,4H2,1-3H3. The Kier molecular flexibility index (Phi) is 2.91. The second kappa shape index (κ2) is 2.72. The summed E-state index contributed by atoms with van der Waals surface area (Å²) in [5.74, 6) is 0. The van der Waals surface area contributed by atoms with Crippen LogP contribution in [0.15, 0.2) is 0 Å². The van der Waals surface area contributed by atoms with Crippen LogP contribution >= 0.6 is 22.6 Å². The van der Waals surface area contributed by atoms with Crippen molar-refractivity contribution in [2.75, 3.05) is 0 Å². The van der Waals surface area contributed by atoms with E-state index in [1.807, 2.05) is 20.8 Å². The summed E-state index contributed by atoms with van der Waals surface area (Å²) in [6.07, 6.45) is 0.389. The maximum absolute atomic E-state index is 8.90. The van der Waals surface area contributed by atoms with E-state index in [0.717, 1.165) is 0 Å². The van der Waals surface area contributed by atoms with Gasteiger partial charge in [-0.2, -0.15) is 0 Å². The van der Waals surface area contributed by atoms with Crippen LogP contribution in [0.5, 0.6) is 0 Å². The zero-order valence-corrected chi connectivity index (χ0v) is 8.14. The molecule has 0 saturated carbocycles. The van der Waals surface area contributed by atoms with E-state index in [4.69, 9.17) is 10.2 Å². The number of aliphatic hydroxyl groups is 2. The smallest absolute Gasteiger partial charge is 0.216 e. The lowest BCUT2D eigenvalue weighted by Crippen LogP contribution is -2.25. The summed E-state index contributed by atoms with van der Waals surface area (Å²) in [6.45, 7) is 5.90. The average molecular weight is 244 g/mol. The summed E-state index contributed by atoms with van der Waals surface area (Å²) in [5, 5.41) is 17.8. The first-order valence-corrected chi connectivity index (χ1v) is 3.92. The Morgan fingerprint density at radius 3 is 1.56 bits per heavy atom. The molecule has 0 aliphatic carbocycles. The molecule has 56 valence electrons. The fourth-order valence-corrected chi connectivity index (χ4v) is 1.82. The molecule has 0 atom stereocenters. The largest absolute Gasteiger partial charge is 0.358 e. The molecule has 0 aromatic carbocycles. The number of rotatable bonds is 1. The number of halogens is 1. The van der Waals surface area contributed by atoms with Crippen molar-refractivity contribution in [3.63, 3.8) is 0 Å². The summed E-state index contributed by atoms with van der Waals surface area (Å²) in [4.78, 5) is 0. The third-order valence-corrected chi connectivity index (χ3v) is 1.14. The van der Waals surface area contributed by atoms with Gasteiger partial charge in [0, 0.05) is 6.42 Å². The van der Waals surface area contributed by atoms with Gasteiger partial charge in [-0.3, -0.25) is 0 Å². The van der Waals surface area contributed by atoms with Gasteiger partial charge >= 0.3 is 0 Å². The molecule has 0 bridgehead atoms. The Balaban J connectivity index is 3.75. The Bertz CT molecular complexity index is 76.2. The lowest BCUT2D eigenvalue weighted by atomic mass is 9.92. The van der Waals surface area contributed by atoms with E-state index in [9.17, 15) is 0 Å². The highest BCUT2D eigenvalue weighted by molar-refractivity contribution is 14.1. The van der Waals surface area contributed by atoms with E-state index in [1.165, 1.54) is 0 Å². The Labute approximate surface area is 69.4 Å². The SMILES string of the molecule is CC(C)(C)CC(O)(O)I. The van der Waals surface area contributed by atoms with Crippen molar-refractivity contribution in [2.45, 2.75) is 31.0 Å². The molecule has 0 aliphatic rings. The van der Waals surface area contributed by atoms with E-state index < -0.39 is 3.79 Å². The Morgan fingerprint density at radius 2 is 1.56 bits per heavy atom. The molecule has 0 amide bonds. The molecule has 0 saturated heterocycles. The van der Waals surface area contributed by atoms with Crippen LogP contribution in [0.4, 0.5) is 0 Å². The van der Waals surface area contributed by atoms with Gasteiger partial charge in [0.2, 0.25) is 3.79 Å². The van der Waals surface area contributed by atoms with Gasteiger partial charge in [0.05, 0.1) is 0 Å². The van der Waals surface area contributed by atoms with Crippen LogP contribution in [-0.2, 0) is 0 Å². The molecular formula is C6H13IO2. The number of hydrogen-bond acceptors (Lipinski definition) is 2. The van der Waals surface area contributed by atoms with E-state index in [-0.39, 0.29) is 5.41 Å². The molecule has 0 unspecified atom stereocenters. The Morgan fingerprint density at radius 1 is 1.22 bits per heavy atom. The molecule has 0 radical (unpaired) electrons. The lowest BCUT2D eigenvalue weighted by molar-refractivity contribution is -0.0824. The van der Waals surface area contributed by atoms with Crippen LogP contribution in [0.25, 0.3) is 0 Å². The maximum atomic E-state index is 8.90. The Hall–Kier alpha value is 0.650. The van der Waals surface area contributed by atoms with Crippen LogP contribution in [0.3, 0.4) is 0 Å². The van der Waals surface area contributed by atoms with Crippen LogP contribution in [0.2, 0.25) is 0 Å². The first-order valence-electron chi connectivity index (χ1n) is 2.84.